The topological polar surface area (TPSA) is 63.3 Å². The normalized spacial score (nSPS) is 11.7. The Hall–Kier alpha value is -3.32. The Labute approximate surface area is 167 Å². The number of carboxylic acids is 1. The number of rotatable bonds is 3. The molecule has 29 heavy (non-hydrogen) atoms. The molecule has 0 aliphatic carbocycles. The van der Waals surface area contributed by atoms with E-state index in [-0.39, 0.29) is 28.3 Å². The summed E-state index contributed by atoms with van der Waals surface area (Å²) in [5, 5.41) is 10.2. The van der Waals surface area contributed by atoms with Crippen LogP contribution >= 0.6 is 11.6 Å². The molecule has 0 saturated heterocycles. The molecule has 2 aromatic carbocycles. The number of hydrogen-bond acceptors (Lipinski definition) is 3. The summed E-state index contributed by atoms with van der Waals surface area (Å²) in [6.07, 6.45) is -4.54. The molecule has 146 valence electrons. The van der Waals surface area contributed by atoms with Crippen LogP contribution in [0.1, 0.15) is 15.9 Å². The van der Waals surface area contributed by atoms with Crippen molar-refractivity contribution in [1.29, 1.82) is 0 Å². The first kappa shape index (κ1) is 19.0. The van der Waals surface area contributed by atoms with Gasteiger partial charge in [-0.1, -0.05) is 29.8 Å². The van der Waals surface area contributed by atoms with Crippen LogP contribution in [0.2, 0.25) is 5.02 Å². The second-order valence-electron chi connectivity index (χ2n) is 6.23. The summed E-state index contributed by atoms with van der Waals surface area (Å²) < 4.78 is 45.5. The lowest BCUT2D eigenvalue weighted by molar-refractivity contribution is -0.137. The molecule has 0 unspecified atom stereocenters. The van der Waals surface area contributed by atoms with Gasteiger partial charge in [0.1, 0.15) is 11.5 Å². The minimum Gasteiger partial charge on any atom is -0.478 e. The van der Waals surface area contributed by atoms with Crippen molar-refractivity contribution in [2.24, 2.45) is 0 Å². The molecule has 1 N–H and O–H groups in total. The number of halogens is 4. The molecular formula is C21H11ClF3NO3. The maximum Gasteiger partial charge on any atom is 0.417 e. The average molecular weight is 418 g/mol. The van der Waals surface area contributed by atoms with E-state index in [4.69, 9.17) is 16.0 Å². The maximum absolute atomic E-state index is 13.3. The molecule has 8 heteroatoms. The van der Waals surface area contributed by atoms with Crippen LogP contribution in [0.4, 0.5) is 13.2 Å². The van der Waals surface area contributed by atoms with E-state index in [0.29, 0.717) is 15.9 Å². The first-order valence-electron chi connectivity index (χ1n) is 8.34. The maximum atomic E-state index is 13.3. The Balaban J connectivity index is 1.85. The Kier molecular flexibility index (Phi) is 4.55. The first-order chi connectivity index (χ1) is 13.7. The minimum atomic E-state index is -4.54. The third-order valence-corrected chi connectivity index (χ3v) is 4.59. The third kappa shape index (κ3) is 3.56. The fourth-order valence-electron chi connectivity index (χ4n) is 3.07. The summed E-state index contributed by atoms with van der Waals surface area (Å²) in [4.78, 5) is 16.0. The van der Waals surface area contributed by atoms with Gasteiger partial charge in [0.05, 0.1) is 16.6 Å². The molecule has 0 saturated carbocycles. The summed E-state index contributed by atoms with van der Waals surface area (Å²) in [7, 11) is 0. The van der Waals surface area contributed by atoms with Gasteiger partial charge in [-0.3, -0.25) is 0 Å². The monoisotopic (exact) mass is 417 g/mol. The van der Waals surface area contributed by atoms with Crippen LogP contribution in [0.5, 0.6) is 0 Å². The van der Waals surface area contributed by atoms with Crippen LogP contribution in [0.15, 0.2) is 65.1 Å². The van der Waals surface area contributed by atoms with E-state index in [1.165, 1.54) is 42.5 Å². The van der Waals surface area contributed by atoms with Gasteiger partial charge < -0.3 is 9.52 Å². The van der Waals surface area contributed by atoms with Crippen molar-refractivity contribution >= 4 is 28.5 Å². The van der Waals surface area contributed by atoms with Gasteiger partial charge in [-0.25, -0.2) is 9.78 Å². The number of carboxylic acid groups (broad SMARTS) is 1. The zero-order chi connectivity index (χ0) is 20.8. The predicted octanol–water partition coefficient (Wildman–Crippen LogP) is 6.53. The number of carbonyl (C=O) groups is 1. The molecular weight excluding hydrogens is 407 g/mol. The molecule has 0 aliphatic heterocycles. The molecule has 0 amide bonds. The molecule has 0 spiro atoms. The van der Waals surface area contributed by atoms with Gasteiger partial charge in [0.15, 0.2) is 5.76 Å². The number of nitrogens with zero attached hydrogens (tertiary/aromatic N) is 1. The van der Waals surface area contributed by atoms with E-state index in [1.807, 2.05) is 0 Å². The van der Waals surface area contributed by atoms with Crippen LogP contribution in [-0.2, 0) is 6.18 Å². The third-order valence-electron chi connectivity index (χ3n) is 4.36. The zero-order valence-electron chi connectivity index (χ0n) is 14.5. The fourth-order valence-corrected chi connectivity index (χ4v) is 3.24. The van der Waals surface area contributed by atoms with Crippen molar-refractivity contribution in [3.05, 3.63) is 76.8 Å². The van der Waals surface area contributed by atoms with E-state index < -0.39 is 17.7 Å². The van der Waals surface area contributed by atoms with Crippen molar-refractivity contribution in [2.75, 3.05) is 0 Å². The number of alkyl halides is 3. The zero-order valence-corrected chi connectivity index (χ0v) is 15.3. The lowest BCUT2D eigenvalue weighted by atomic mass is 10.1. The van der Waals surface area contributed by atoms with Gasteiger partial charge in [0.25, 0.3) is 0 Å². The molecule has 4 rings (SSSR count). The van der Waals surface area contributed by atoms with Crippen LogP contribution in [0.3, 0.4) is 0 Å². The van der Waals surface area contributed by atoms with Crippen molar-refractivity contribution in [3.8, 4) is 22.8 Å². The summed E-state index contributed by atoms with van der Waals surface area (Å²) in [6, 6.07) is 13.8. The van der Waals surface area contributed by atoms with Gasteiger partial charge in [-0.15, -0.1) is 0 Å². The second-order valence-corrected chi connectivity index (χ2v) is 6.67. The van der Waals surface area contributed by atoms with Gasteiger partial charge >= 0.3 is 12.1 Å². The number of aromatic carboxylic acids is 1. The van der Waals surface area contributed by atoms with Crippen LogP contribution in [0, 0.1) is 0 Å². The average Bonchev–Trinajstić information content (AvgIpc) is 3.16. The van der Waals surface area contributed by atoms with E-state index in [2.05, 4.69) is 4.98 Å². The first-order valence-corrected chi connectivity index (χ1v) is 8.72. The van der Waals surface area contributed by atoms with Gasteiger partial charge in [-0.05, 0) is 42.5 Å². The van der Waals surface area contributed by atoms with Crippen molar-refractivity contribution in [3.63, 3.8) is 0 Å². The summed E-state index contributed by atoms with van der Waals surface area (Å²) in [6.45, 7) is 0. The number of aromatic nitrogens is 1. The Bertz CT molecular complexity index is 1250. The molecule has 0 aliphatic rings. The number of fused-ring (bicyclic) bond motifs is 1. The standard InChI is InChI=1S/C21H11ClF3NO3/c22-11-5-6-16-13(9-11)14(20(27)28)10-17(26-16)19-8-7-18(29-19)12-3-1-2-4-15(12)21(23,24)25/h1-10H,(H,27,28). The van der Waals surface area contributed by atoms with Crippen LogP contribution in [-0.4, -0.2) is 16.1 Å². The highest BCUT2D eigenvalue weighted by Crippen LogP contribution is 2.38. The van der Waals surface area contributed by atoms with Crippen LogP contribution in [0.25, 0.3) is 33.7 Å². The quantitative estimate of drug-likeness (QED) is 0.411. The highest BCUT2D eigenvalue weighted by molar-refractivity contribution is 6.31. The van der Waals surface area contributed by atoms with E-state index in [9.17, 15) is 23.1 Å². The highest BCUT2D eigenvalue weighted by Gasteiger charge is 2.34. The predicted molar refractivity (Wildman–Crippen MR) is 102 cm³/mol. The molecule has 2 heterocycles. The number of benzene rings is 2. The largest absolute Gasteiger partial charge is 0.478 e. The van der Waals surface area contributed by atoms with Gasteiger partial charge in [-0.2, -0.15) is 13.2 Å². The molecule has 4 aromatic rings. The van der Waals surface area contributed by atoms with E-state index in [0.717, 1.165) is 6.07 Å². The summed E-state index contributed by atoms with van der Waals surface area (Å²) in [5.41, 5.74) is -0.419. The fraction of sp³-hybridized carbons (Fsp3) is 0.0476. The van der Waals surface area contributed by atoms with Crippen molar-refractivity contribution in [1.82, 2.24) is 4.98 Å². The lowest BCUT2D eigenvalue weighted by Crippen LogP contribution is -2.06. The van der Waals surface area contributed by atoms with Crippen molar-refractivity contribution in [2.45, 2.75) is 6.18 Å². The summed E-state index contributed by atoms with van der Waals surface area (Å²) >= 11 is 5.94. The SMILES string of the molecule is O=C(O)c1cc(-c2ccc(-c3ccccc3C(F)(F)F)o2)nc2ccc(Cl)cc12. The minimum absolute atomic E-state index is 0.00260. The van der Waals surface area contributed by atoms with Crippen molar-refractivity contribution < 1.29 is 27.5 Å². The Morgan fingerprint density at radius 2 is 1.72 bits per heavy atom. The molecule has 0 atom stereocenters. The smallest absolute Gasteiger partial charge is 0.417 e. The lowest BCUT2D eigenvalue weighted by Gasteiger charge is -2.10. The molecule has 0 radical (unpaired) electrons. The second kappa shape index (κ2) is 6.93. The molecule has 2 aromatic heterocycles. The summed E-state index contributed by atoms with van der Waals surface area (Å²) in [5.74, 6) is -1.03. The van der Waals surface area contributed by atoms with E-state index in [1.54, 1.807) is 12.1 Å². The molecule has 4 nitrogen and oxygen atoms in total. The Morgan fingerprint density at radius 3 is 2.45 bits per heavy atom. The van der Waals surface area contributed by atoms with E-state index >= 15 is 0 Å². The number of pyridine rings is 1. The van der Waals surface area contributed by atoms with Gasteiger partial charge in [0.2, 0.25) is 0 Å². The number of hydrogen-bond donors (Lipinski definition) is 1. The highest BCUT2D eigenvalue weighted by atomic mass is 35.5. The molecule has 0 fully saturated rings. The Morgan fingerprint density at radius 1 is 1.00 bits per heavy atom. The number of furan rings is 1. The van der Waals surface area contributed by atoms with Crippen LogP contribution < -0.4 is 0 Å². The van der Waals surface area contributed by atoms with Gasteiger partial charge in [0, 0.05) is 16.0 Å². The molecule has 0 bridgehead atoms.